The van der Waals surface area contributed by atoms with Gasteiger partial charge in [-0.25, -0.2) is 0 Å². The highest BCUT2D eigenvalue weighted by Crippen LogP contribution is 2.17. The van der Waals surface area contributed by atoms with Crippen LogP contribution in [-0.4, -0.2) is 22.9 Å². The SMILES string of the molecule is CCc1ccccc1CSC[C@H](N)C(=O)O. The van der Waals surface area contributed by atoms with Gasteiger partial charge in [0.25, 0.3) is 0 Å². The summed E-state index contributed by atoms with van der Waals surface area (Å²) in [5, 5.41) is 8.64. The molecular weight excluding hydrogens is 222 g/mol. The highest BCUT2D eigenvalue weighted by molar-refractivity contribution is 7.98. The van der Waals surface area contributed by atoms with Crippen LogP contribution in [0.4, 0.5) is 0 Å². The smallest absolute Gasteiger partial charge is 0.321 e. The van der Waals surface area contributed by atoms with Crippen LogP contribution < -0.4 is 5.73 Å². The number of thioether (sulfide) groups is 1. The molecule has 0 bridgehead atoms. The molecule has 88 valence electrons. The van der Waals surface area contributed by atoms with Crippen molar-refractivity contribution in [3.63, 3.8) is 0 Å². The maximum absolute atomic E-state index is 10.5. The molecule has 0 saturated heterocycles. The molecule has 4 heteroatoms. The molecule has 3 N–H and O–H groups in total. The van der Waals surface area contributed by atoms with Crippen molar-refractivity contribution in [2.24, 2.45) is 5.73 Å². The van der Waals surface area contributed by atoms with E-state index < -0.39 is 12.0 Å². The molecule has 16 heavy (non-hydrogen) atoms. The molecule has 0 spiro atoms. The van der Waals surface area contributed by atoms with Crippen LogP contribution >= 0.6 is 11.8 Å². The normalized spacial score (nSPS) is 12.4. The van der Waals surface area contributed by atoms with Gasteiger partial charge in [0.1, 0.15) is 6.04 Å². The summed E-state index contributed by atoms with van der Waals surface area (Å²) in [5.41, 5.74) is 8.02. The Morgan fingerprint density at radius 3 is 2.62 bits per heavy atom. The van der Waals surface area contributed by atoms with Gasteiger partial charge in [0, 0.05) is 11.5 Å². The van der Waals surface area contributed by atoms with Crippen LogP contribution in [0.2, 0.25) is 0 Å². The van der Waals surface area contributed by atoms with Crippen LogP contribution in [-0.2, 0) is 17.0 Å². The first kappa shape index (κ1) is 13.1. The molecule has 0 radical (unpaired) electrons. The Labute approximate surface area is 100 Å². The third kappa shape index (κ3) is 3.87. The van der Waals surface area contributed by atoms with Gasteiger partial charge in [-0.2, -0.15) is 11.8 Å². The van der Waals surface area contributed by atoms with Crippen LogP contribution in [0.5, 0.6) is 0 Å². The van der Waals surface area contributed by atoms with E-state index in [0.717, 1.165) is 12.2 Å². The number of hydrogen-bond acceptors (Lipinski definition) is 3. The van der Waals surface area contributed by atoms with Crippen molar-refractivity contribution in [1.29, 1.82) is 0 Å². The van der Waals surface area contributed by atoms with E-state index in [4.69, 9.17) is 10.8 Å². The maximum Gasteiger partial charge on any atom is 0.321 e. The third-order valence-electron chi connectivity index (χ3n) is 2.37. The molecule has 0 aliphatic carbocycles. The van der Waals surface area contributed by atoms with Crippen LogP contribution in [0, 0.1) is 0 Å². The monoisotopic (exact) mass is 239 g/mol. The van der Waals surface area contributed by atoms with Gasteiger partial charge in [0.2, 0.25) is 0 Å². The lowest BCUT2D eigenvalue weighted by Crippen LogP contribution is -2.32. The Balaban J connectivity index is 2.45. The van der Waals surface area contributed by atoms with Gasteiger partial charge in [-0.1, -0.05) is 31.2 Å². The minimum atomic E-state index is -0.934. The lowest BCUT2D eigenvalue weighted by molar-refractivity contribution is -0.137. The zero-order valence-corrected chi connectivity index (χ0v) is 10.2. The predicted molar refractivity (Wildman–Crippen MR) is 67.6 cm³/mol. The van der Waals surface area contributed by atoms with Crippen molar-refractivity contribution in [2.75, 3.05) is 5.75 Å². The van der Waals surface area contributed by atoms with Gasteiger partial charge in [-0.3, -0.25) is 4.79 Å². The zero-order valence-electron chi connectivity index (χ0n) is 9.35. The number of carbonyl (C=O) groups is 1. The van der Waals surface area contributed by atoms with Crippen LogP contribution in [0.1, 0.15) is 18.1 Å². The molecule has 1 rings (SSSR count). The van der Waals surface area contributed by atoms with E-state index in [2.05, 4.69) is 19.1 Å². The number of hydrogen-bond donors (Lipinski definition) is 2. The second-order valence-corrected chi connectivity index (χ2v) is 4.61. The first-order chi connectivity index (χ1) is 7.65. The first-order valence-corrected chi connectivity index (χ1v) is 6.43. The average Bonchev–Trinajstić information content (AvgIpc) is 2.29. The molecular formula is C12H17NO2S. The minimum absolute atomic E-state index is 0.452. The molecule has 0 heterocycles. The van der Waals surface area contributed by atoms with Crippen LogP contribution in [0.3, 0.4) is 0 Å². The van der Waals surface area contributed by atoms with Crippen molar-refractivity contribution >= 4 is 17.7 Å². The second-order valence-electron chi connectivity index (χ2n) is 3.58. The summed E-state index contributed by atoms with van der Waals surface area (Å²) in [4.78, 5) is 10.5. The van der Waals surface area contributed by atoms with Crippen LogP contribution in [0.15, 0.2) is 24.3 Å². The molecule has 1 aromatic rings. The maximum atomic E-state index is 10.5. The number of nitrogens with two attached hydrogens (primary N) is 1. The van der Waals surface area contributed by atoms with Gasteiger partial charge < -0.3 is 10.8 Å². The Morgan fingerprint density at radius 1 is 1.44 bits per heavy atom. The van der Waals surface area contributed by atoms with E-state index in [1.165, 1.54) is 11.1 Å². The zero-order chi connectivity index (χ0) is 12.0. The number of benzene rings is 1. The molecule has 0 amide bonds. The fourth-order valence-electron chi connectivity index (χ4n) is 1.41. The molecule has 3 nitrogen and oxygen atoms in total. The summed E-state index contributed by atoms with van der Waals surface area (Å²) in [6.45, 7) is 2.12. The highest BCUT2D eigenvalue weighted by Gasteiger charge is 2.11. The van der Waals surface area contributed by atoms with Gasteiger partial charge in [-0.05, 0) is 17.5 Å². The topological polar surface area (TPSA) is 63.3 Å². The van der Waals surface area contributed by atoms with Gasteiger partial charge in [0.05, 0.1) is 0 Å². The molecule has 0 aliphatic rings. The lowest BCUT2D eigenvalue weighted by atomic mass is 10.1. The first-order valence-electron chi connectivity index (χ1n) is 5.28. The van der Waals surface area contributed by atoms with Crippen LogP contribution in [0.25, 0.3) is 0 Å². The molecule has 0 aliphatic heterocycles. The van der Waals surface area contributed by atoms with E-state index in [1.807, 2.05) is 12.1 Å². The van der Waals surface area contributed by atoms with Gasteiger partial charge in [-0.15, -0.1) is 0 Å². The van der Waals surface area contributed by atoms with E-state index in [1.54, 1.807) is 11.8 Å². The summed E-state index contributed by atoms with van der Waals surface area (Å²) in [7, 11) is 0. The number of carboxylic acids is 1. The van der Waals surface area contributed by atoms with Crippen molar-refractivity contribution in [2.45, 2.75) is 25.1 Å². The number of carboxylic acid groups (broad SMARTS) is 1. The molecule has 1 aromatic carbocycles. The summed E-state index contributed by atoms with van der Waals surface area (Å²) in [5.74, 6) is 0.342. The van der Waals surface area contributed by atoms with E-state index in [0.29, 0.717) is 5.75 Å². The third-order valence-corrected chi connectivity index (χ3v) is 3.48. The van der Waals surface area contributed by atoms with Crippen molar-refractivity contribution in [3.8, 4) is 0 Å². The molecule has 0 saturated carbocycles. The number of aliphatic carboxylic acids is 1. The molecule has 0 unspecified atom stereocenters. The highest BCUT2D eigenvalue weighted by atomic mass is 32.2. The summed E-state index contributed by atoms with van der Waals surface area (Å²) in [6, 6.07) is 7.45. The number of rotatable bonds is 6. The Hall–Kier alpha value is -1.00. The summed E-state index contributed by atoms with van der Waals surface area (Å²) >= 11 is 1.57. The Morgan fingerprint density at radius 2 is 2.06 bits per heavy atom. The predicted octanol–water partition coefficient (Wildman–Crippen LogP) is 1.89. The second kappa shape index (κ2) is 6.55. The Bertz CT molecular complexity index is 355. The fourth-order valence-corrected chi connectivity index (χ4v) is 2.43. The molecule has 1 atom stereocenters. The Kier molecular flexibility index (Phi) is 5.35. The summed E-state index contributed by atoms with van der Waals surface area (Å²) in [6.07, 6.45) is 1.00. The van der Waals surface area contributed by atoms with Crippen molar-refractivity contribution < 1.29 is 9.90 Å². The van der Waals surface area contributed by atoms with Gasteiger partial charge >= 0.3 is 5.97 Å². The standard InChI is InChI=1S/C12H17NO2S/c1-2-9-5-3-4-6-10(9)7-16-8-11(13)12(14)15/h3-6,11H,2,7-8,13H2,1H3,(H,14,15)/t11-/m0/s1. The largest absolute Gasteiger partial charge is 0.480 e. The fraction of sp³-hybridized carbons (Fsp3) is 0.417. The average molecular weight is 239 g/mol. The van der Waals surface area contributed by atoms with Crippen molar-refractivity contribution in [1.82, 2.24) is 0 Å². The summed E-state index contributed by atoms with van der Waals surface area (Å²) < 4.78 is 0. The van der Waals surface area contributed by atoms with Crippen molar-refractivity contribution in [3.05, 3.63) is 35.4 Å². The van der Waals surface area contributed by atoms with E-state index in [9.17, 15) is 4.79 Å². The van der Waals surface area contributed by atoms with E-state index in [-0.39, 0.29) is 0 Å². The molecule has 0 aromatic heterocycles. The minimum Gasteiger partial charge on any atom is -0.480 e. The lowest BCUT2D eigenvalue weighted by Gasteiger charge is -2.09. The van der Waals surface area contributed by atoms with E-state index >= 15 is 0 Å². The van der Waals surface area contributed by atoms with Gasteiger partial charge in [0.15, 0.2) is 0 Å². The number of aryl methyl sites for hydroxylation is 1. The quantitative estimate of drug-likeness (QED) is 0.795. The molecule has 0 fully saturated rings.